The van der Waals surface area contributed by atoms with Gasteiger partial charge in [0.2, 0.25) is 0 Å². The Kier molecular flexibility index (Phi) is 15.4. The number of halogens is 2. The predicted octanol–water partition coefficient (Wildman–Crippen LogP) is -0.528. The third kappa shape index (κ3) is 10.5. The summed E-state index contributed by atoms with van der Waals surface area (Å²) in [6.45, 7) is 10.4. The maximum Gasteiger partial charge on any atom is 2.00 e. The second-order valence-electron chi connectivity index (χ2n) is 9.21. The molecule has 8 nitrogen and oxygen atoms in total. The molecule has 219 valence electrons. The first-order valence-electron chi connectivity index (χ1n) is 12.1. The average molecular weight is 644 g/mol. The molecule has 41 heavy (non-hydrogen) atoms. The van der Waals surface area contributed by atoms with Crippen molar-refractivity contribution < 1.29 is 70.2 Å². The van der Waals surface area contributed by atoms with E-state index >= 15 is 0 Å². The van der Waals surface area contributed by atoms with Gasteiger partial charge in [0.25, 0.3) is 0 Å². The number of cyclic esters (lactones) is 2. The topological polar surface area (TPSA) is 111 Å². The van der Waals surface area contributed by atoms with E-state index in [0.29, 0.717) is 22.9 Å². The molecule has 4 rings (SSSR count). The van der Waals surface area contributed by atoms with Gasteiger partial charge in [0.15, 0.2) is 23.4 Å². The summed E-state index contributed by atoms with van der Waals surface area (Å²) < 4.78 is 9.94. The summed E-state index contributed by atoms with van der Waals surface area (Å²) in [6.07, 6.45) is 2.67. The minimum Gasteiger partial charge on any atom is -1.00 e. The molecule has 2 aliphatic rings. The number of nitrogens with zero attached hydrogens (tertiary/aromatic N) is 2. The molecule has 2 aliphatic heterocycles. The van der Waals surface area contributed by atoms with Crippen LogP contribution in [0.5, 0.6) is 0 Å². The Labute approximate surface area is 262 Å². The smallest absolute Gasteiger partial charge is 1.00 e. The van der Waals surface area contributed by atoms with Gasteiger partial charge >= 0.3 is 28.7 Å². The summed E-state index contributed by atoms with van der Waals surface area (Å²) in [5, 5.41) is 0. The molecule has 0 bridgehead atoms. The number of hydrogen-bond donors (Lipinski definition) is 0. The fourth-order valence-electron chi connectivity index (χ4n) is 3.98. The molecule has 0 aromatic heterocycles. The first kappa shape index (κ1) is 37.6. The van der Waals surface area contributed by atoms with E-state index < -0.39 is 23.8 Å². The number of esters is 2. The number of aryl methyl sites for hydroxylation is 2. The molecule has 0 N–H and O–H groups in total. The molecule has 0 amide bonds. The molecule has 2 aromatic rings. The van der Waals surface area contributed by atoms with Crippen LogP contribution in [0.3, 0.4) is 0 Å². The number of ketones is 2. The van der Waals surface area contributed by atoms with Crippen LogP contribution in [0.4, 0.5) is 11.4 Å². The van der Waals surface area contributed by atoms with Crippen molar-refractivity contribution in [2.45, 2.75) is 41.5 Å². The molecule has 0 aliphatic carbocycles. The molecule has 0 fully saturated rings. The van der Waals surface area contributed by atoms with Gasteiger partial charge in [-0.05, 0) is 76.9 Å². The van der Waals surface area contributed by atoms with Crippen molar-refractivity contribution in [3.8, 4) is 0 Å². The number of rotatable bonds is 4. The fraction of sp³-hybridized carbons (Fsp3) is 0.267. The zero-order chi connectivity index (χ0) is 28.0. The summed E-state index contributed by atoms with van der Waals surface area (Å²) >= 11 is 0. The maximum absolute atomic E-state index is 11.9. The molecule has 11 heteroatoms. The molecule has 0 saturated heterocycles. The van der Waals surface area contributed by atoms with Crippen LogP contribution < -0.4 is 24.8 Å². The standard InChI is InChI=1S/2C15H15NO3.2ClH.Co/c2*1-9-5-4-6-12(7-9)16-11(3)14-13(17)8-10(2)19-15(14)18;;;/h2*4-8,14H,1-3H3;2*1H;/q;;;;+2/p-2. The van der Waals surface area contributed by atoms with Crippen molar-refractivity contribution in [2.24, 2.45) is 21.8 Å². The van der Waals surface area contributed by atoms with Gasteiger partial charge in [-0.15, -0.1) is 0 Å². The number of carbonyl (C=O) groups excluding carboxylic acids is 4. The van der Waals surface area contributed by atoms with Gasteiger partial charge < -0.3 is 34.3 Å². The maximum atomic E-state index is 11.9. The van der Waals surface area contributed by atoms with E-state index in [2.05, 4.69) is 9.98 Å². The summed E-state index contributed by atoms with van der Waals surface area (Å²) in [5.74, 6) is -2.86. The number of hydrogen-bond acceptors (Lipinski definition) is 8. The number of aliphatic imine (C=N–C) groups is 2. The van der Waals surface area contributed by atoms with E-state index in [1.165, 1.54) is 12.2 Å². The van der Waals surface area contributed by atoms with E-state index in [-0.39, 0.29) is 53.2 Å². The normalized spacial score (nSPS) is 18.6. The summed E-state index contributed by atoms with van der Waals surface area (Å²) in [6, 6.07) is 15.1. The van der Waals surface area contributed by atoms with Gasteiger partial charge in [-0.25, -0.2) is 0 Å². The molecule has 2 aromatic carbocycles. The number of ether oxygens (including phenoxy) is 2. The van der Waals surface area contributed by atoms with Crippen molar-refractivity contribution >= 4 is 46.3 Å². The molecular formula is C30H30Cl2CoN2O6. The van der Waals surface area contributed by atoms with Crippen LogP contribution in [0.2, 0.25) is 0 Å². The van der Waals surface area contributed by atoms with Crippen LogP contribution in [0.25, 0.3) is 0 Å². The Balaban J connectivity index is 0.000000727. The molecule has 0 spiro atoms. The predicted molar refractivity (Wildman–Crippen MR) is 145 cm³/mol. The second kappa shape index (κ2) is 16.8. The minimum absolute atomic E-state index is 0. The number of carbonyl (C=O) groups is 4. The SMILES string of the molecule is CC1=CC(=O)C(C(C)=Nc2cccc(C)c2)C(=O)O1.CC1=CC(=O)C(C(C)=Nc2cccc(C)c2)C(=O)O1.[Cl-].[Cl-].[Co+2]. The van der Waals surface area contributed by atoms with Crippen molar-refractivity contribution in [3.63, 3.8) is 0 Å². The molecule has 2 atom stereocenters. The van der Waals surface area contributed by atoms with Crippen LogP contribution >= 0.6 is 0 Å². The summed E-state index contributed by atoms with van der Waals surface area (Å²) in [4.78, 5) is 55.9. The Bertz CT molecular complexity index is 1320. The Morgan fingerprint density at radius 3 is 1.27 bits per heavy atom. The van der Waals surface area contributed by atoms with Gasteiger partial charge in [0.1, 0.15) is 11.5 Å². The van der Waals surface area contributed by atoms with Crippen LogP contribution in [0.1, 0.15) is 38.8 Å². The first-order chi connectivity index (χ1) is 17.9. The molecule has 1 radical (unpaired) electrons. The molecule has 2 heterocycles. The van der Waals surface area contributed by atoms with Crippen molar-refractivity contribution in [2.75, 3.05) is 0 Å². The monoisotopic (exact) mass is 643 g/mol. The molecule has 0 saturated carbocycles. The third-order valence-corrected chi connectivity index (χ3v) is 5.70. The van der Waals surface area contributed by atoms with Crippen LogP contribution in [-0.2, 0) is 45.4 Å². The van der Waals surface area contributed by atoms with Crippen molar-refractivity contribution in [3.05, 3.63) is 83.3 Å². The van der Waals surface area contributed by atoms with Crippen molar-refractivity contribution in [1.82, 2.24) is 0 Å². The Morgan fingerprint density at radius 1 is 0.634 bits per heavy atom. The Morgan fingerprint density at radius 2 is 0.976 bits per heavy atom. The zero-order valence-corrected chi connectivity index (χ0v) is 25.9. The zero-order valence-electron chi connectivity index (χ0n) is 23.4. The van der Waals surface area contributed by atoms with Crippen LogP contribution in [0.15, 0.2) is 82.2 Å². The summed E-state index contributed by atoms with van der Waals surface area (Å²) in [7, 11) is 0. The quantitative estimate of drug-likeness (QED) is 0.252. The minimum atomic E-state index is -0.927. The van der Waals surface area contributed by atoms with Gasteiger partial charge in [-0.3, -0.25) is 29.2 Å². The average Bonchev–Trinajstić information content (AvgIpc) is 2.78. The Hall–Kier alpha value is -3.37. The van der Waals surface area contributed by atoms with Crippen LogP contribution in [0, 0.1) is 25.7 Å². The van der Waals surface area contributed by atoms with Crippen LogP contribution in [-0.4, -0.2) is 34.9 Å². The largest absolute Gasteiger partial charge is 2.00 e. The van der Waals surface area contributed by atoms with E-state index in [1.807, 2.05) is 62.4 Å². The van der Waals surface area contributed by atoms with E-state index in [4.69, 9.17) is 9.47 Å². The van der Waals surface area contributed by atoms with Crippen molar-refractivity contribution in [1.29, 1.82) is 0 Å². The second-order valence-corrected chi connectivity index (χ2v) is 9.21. The van der Waals surface area contributed by atoms with E-state index in [0.717, 1.165) is 22.5 Å². The number of allylic oxidation sites excluding steroid dienone is 4. The molecule has 2 unspecified atom stereocenters. The third-order valence-electron chi connectivity index (χ3n) is 5.70. The number of benzene rings is 2. The van der Waals surface area contributed by atoms with E-state index in [9.17, 15) is 19.2 Å². The van der Waals surface area contributed by atoms with E-state index in [1.54, 1.807) is 27.7 Å². The first-order valence-corrected chi connectivity index (χ1v) is 12.1. The van der Waals surface area contributed by atoms with Gasteiger partial charge in [0, 0.05) is 23.6 Å². The fourth-order valence-corrected chi connectivity index (χ4v) is 3.98. The molecular weight excluding hydrogens is 614 g/mol. The van der Waals surface area contributed by atoms with Gasteiger partial charge in [-0.2, -0.15) is 0 Å². The van der Waals surface area contributed by atoms with Gasteiger partial charge in [0.05, 0.1) is 11.4 Å². The van der Waals surface area contributed by atoms with Gasteiger partial charge in [-0.1, -0.05) is 24.3 Å². The summed E-state index contributed by atoms with van der Waals surface area (Å²) in [5.41, 5.74) is 4.49.